The van der Waals surface area contributed by atoms with Crippen molar-refractivity contribution in [3.8, 4) is 0 Å². The Balaban J connectivity index is 1.52. The minimum absolute atomic E-state index is 0.259. The molecule has 5 heteroatoms. The van der Waals surface area contributed by atoms with Gasteiger partial charge in [-0.05, 0) is 122 Å². The Hall–Kier alpha value is -0.393. The molecule has 4 nitrogen and oxygen atoms in total. The van der Waals surface area contributed by atoms with E-state index >= 15 is 0 Å². The molecule has 4 rings (SSSR count). The van der Waals surface area contributed by atoms with Crippen molar-refractivity contribution in [2.75, 3.05) is 7.11 Å². The third kappa shape index (κ3) is 4.88. The fourth-order valence-electron chi connectivity index (χ4n) is 9.64. The average molecular weight is 521 g/mol. The van der Waals surface area contributed by atoms with Crippen molar-refractivity contribution in [2.24, 2.45) is 46.3 Å². The fraction of sp³-hybridized carbons (Fsp3) is 0.968. The summed E-state index contributed by atoms with van der Waals surface area (Å²) in [6.45, 7) is 19.4. The molecule has 0 heterocycles. The Labute approximate surface area is 222 Å². The fourth-order valence-corrected chi connectivity index (χ4v) is 11.0. The van der Waals surface area contributed by atoms with Gasteiger partial charge in [0, 0.05) is 19.6 Å². The lowest BCUT2D eigenvalue weighted by Gasteiger charge is -2.63. The minimum Gasteiger partial charge on any atom is -0.481 e. The maximum absolute atomic E-state index is 11.2. The van der Waals surface area contributed by atoms with Crippen LogP contribution in [0.1, 0.15) is 106 Å². The number of aliphatic carboxylic acids is 1. The van der Waals surface area contributed by atoms with E-state index in [-0.39, 0.29) is 5.04 Å². The van der Waals surface area contributed by atoms with Crippen LogP contribution in [-0.2, 0) is 14.0 Å². The van der Waals surface area contributed by atoms with Gasteiger partial charge in [-0.15, -0.1) is 0 Å². The number of hydrogen-bond acceptors (Lipinski definition) is 3. The number of carboxylic acids is 1. The first kappa shape index (κ1) is 28.6. The van der Waals surface area contributed by atoms with E-state index in [1.807, 2.05) is 7.11 Å². The molecule has 4 aliphatic carbocycles. The Morgan fingerprint density at radius 3 is 2.28 bits per heavy atom. The summed E-state index contributed by atoms with van der Waals surface area (Å²) in [4.78, 5) is 11.2. The van der Waals surface area contributed by atoms with Gasteiger partial charge in [0.1, 0.15) is 0 Å². The third-order valence-corrected chi connectivity index (χ3v) is 17.3. The highest BCUT2D eigenvalue weighted by Crippen LogP contribution is 2.69. The highest BCUT2D eigenvalue weighted by atomic mass is 28.4. The molecule has 4 fully saturated rings. The van der Waals surface area contributed by atoms with Crippen LogP contribution in [0, 0.1) is 46.3 Å². The van der Waals surface area contributed by atoms with E-state index < -0.39 is 14.3 Å². The first-order valence-corrected chi connectivity index (χ1v) is 18.0. The molecule has 0 aromatic carbocycles. The third-order valence-electron chi connectivity index (χ3n) is 12.8. The second-order valence-corrected chi connectivity index (χ2v) is 20.2. The Morgan fingerprint density at radius 1 is 1.03 bits per heavy atom. The van der Waals surface area contributed by atoms with Crippen LogP contribution in [-0.4, -0.2) is 38.7 Å². The zero-order chi connectivity index (χ0) is 26.7. The van der Waals surface area contributed by atoms with Crippen LogP contribution in [0.2, 0.25) is 18.1 Å². The number of fused-ring (bicyclic) bond motifs is 5. The lowest BCUT2D eigenvalue weighted by atomic mass is 9.43. The Morgan fingerprint density at radius 2 is 1.67 bits per heavy atom. The van der Waals surface area contributed by atoms with E-state index in [0.717, 1.165) is 18.3 Å². The summed E-state index contributed by atoms with van der Waals surface area (Å²) in [5, 5.41) is 9.52. The number of hydrogen-bond donors (Lipinski definition) is 1. The smallest absolute Gasteiger partial charge is 0.303 e. The first-order chi connectivity index (χ1) is 16.6. The molecule has 0 radical (unpaired) electrons. The van der Waals surface area contributed by atoms with Crippen LogP contribution in [0.3, 0.4) is 0 Å². The summed E-state index contributed by atoms with van der Waals surface area (Å²) < 4.78 is 13.3. The van der Waals surface area contributed by atoms with E-state index in [9.17, 15) is 9.90 Å². The van der Waals surface area contributed by atoms with Crippen molar-refractivity contribution in [3.05, 3.63) is 0 Å². The van der Waals surface area contributed by atoms with Crippen LogP contribution in [0.5, 0.6) is 0 Å². The van der Waals surface area contributed by atoms with Crippen molar-refractivity contribution in [1.29, 1.82) is 0 Å². The number of ether oxygens (including phenoxy) is 1. The lowest BCUT2D eigenvalue weighted by molar-refractivity contribution is -0.181. The van der Waals surface area contributed by atoms with E-state index in [1.54, 1.807) is 0 Å². The number of methoxy groups -OCH3 is 1. The molecule has 0 spiro atoms. The monoisotopic (exact) mass is 520 g/mol. The van der Waals surface area contributed by atoms with E-state index in [4.69, 9.17) is 9.16 Å². The second-order valence-electron chi connectivity index (χ2n) is 15.4. The van der Waals surface area contributed by atoms with Gasteiger partial charge >= 0.3 is 5.97 Å². The average Bonchev–Trinajstić information content (AvgIpc) is 3.13. The number of rotatable bonds is 7. The van der Waals surface area contributed by atoms with Gasteiger partial charge in [0.05, 0.1) is 6.10 Å². The molecule has 0 unspecified atom stereocenters. The zero-order valence-corrected chi connectivity index (χ0v) is 25.9. The maximum Gasteiger partial charge on any atom is 0.303 e. The zero-order valence-electron chi connectivity index (χ0n) is 24.9. The molecule has 10 atom stereocenters. The van der Waals surface area contributed by atoms with Crippen molar-refractivity contribution in [3.63, 3.8) is 0 Å². The molecule has 0 bridgehead atoms. The van der Waals surface area contributed by atoms with Crippen molar-refractivity contribution in [1.82, 2.24) is 0 Å². The molecule has 0 aromatic heterocycles. The van der Waals surface area contributed by atoms with Crippen molar-refractivity contribution < 1.29 is 19.1 Å². The molecule has 0 saturated heterocycles. The largest absolute Gasteiger partial charge is 0.481 e. The topological polar surface area (TPSA) is 55.8 Å². The van der Waals surface area contributed by atoms with E-state index in [2.05, 4.69) is 54.6 Å². The van der Waals surface area contributed by atoms with Crippen LogP contribution >= 0.6 is 0 Å². The van der Waals surface area contributed by atoms with Crippen LogP contribution < -0.4 is 0 Å². The molecule has 0 aromatic rings. The summed E-state index contributed by atoms with van der Waals surface area (Å²) >= 11 is 0. The highest BCUT2D eigenvalue weighted by Gasteiger charge is 2.63. The predicted octanol–water partition coefficient (Wildman–Crippen LogP) is 8.16. The summed E-state index contributed by atoms with van der Waals surface area (Å²) in [6.07, 6.45) is 12.0. The number of carbonyl (C=O) groups is 1. The summed E-state index contributed by atoms with van der Waals surface area (Å²) in [5.74, 6) is 3.32. The molecule has 1 N–H and O–H groups in total. The van der Waals surface area contributed by atoms with Crippen molar-refractivity contribution >= 4 is 14.3 Å². The lowest BCUT2D eigenvalue weighted by Crippen LogP contribution is -2.59. The normalized spacial score (nSPS) is 43.9. The molecular formula is C31H56O4Si. The maximum atomic E-state index is 11.2. The molecule has 4 saturated carbocycles. The molecule has 0 amide bonds. The standard InChI is InChI=1S/C31H56O4Si/c1-20(10-13-27(32)33)23-11-12-24-28-25(15-17-31(23,24)6)30(5)16-14-22(18-21(30)19-26(28)34-7)35-36(8,9)29(2,3)4/h20-26,28H,10-19H2,1-9H3,(H,32,33)/t20-,21+,22-,23-,24+,25+,26-,28+,30+,31-/m1/s1. The summed E-state index contributed by atoms with van der Waals surface area (Å²) in [6, 6.07) is 0. The Bertz CT molecular complexity index is 805. The van der Waals surface area contributed by atoms with Crippen molar-refractivity contribution in [2.45, 2.75) is 136 Å². The molecule has 4 aliphatic rings. The minimum atomic E-state index is -1.76. The molecule has 208 valence electrons. The van der Waals surface area contributed by atoms with Gasteiger partial charge < -0.3 is 14.3 Å². The predicted molar refractivity (Wildman–Crippen MR) is 150 cm³/mol. The SMILES string of the molecule is CO[C@@H]1C[C@@H]2C[C@H](O[Si](C)(C)C(C)(C)C)CC[C@]2(C)[C@H]2CC[C@]3(C)[C@@H]([C@H](C)CCC(=O)O)CC[C@H]3[C@H]12. The van der Waals surface area contributed by atoms with Gasteiger partial charge in [-0.2, -0.15) is 0 Å². The van der Waals surface area contributed by atoms with E-state index in [0.29, 0.717) is 53.1 Å². The van der Waals surface area contributed by atoms with Gasteiger partial charge in [-0.3, -0.25) is 4.79 Å². The van der Waals surface area contributed by atoms with Gasteiger partial charge in [0.2, 0.25) is 0 Å². The Kier molecular flexibility index (Phi) is 7.93. The number of carboxylic acid groups (broad SMARTS) is 1. The molecular weight excluding hydrogens is 464 g/mol. The molecule has 0 aliphatic heterocycles. The first-order valence-electron chi connectivity index (χ1n) is 15.1. The quantitative estimate of drug-likeness (QED) is 0.344. The summed E-state index contributed by atoms with van der Waals surface area (Å²) in [5.41, 5.74) is 0.739. The highest BCUT2D eigenvalue weighted by molar-refractivity contribution is 6.74. The van der Waals surface area contributed by atoms with Crippen LogP contribution in [0.15, 0.2) is 0 Å². The van der Waals surface area contributed by atoms with Gasteiger partial charge in [0.25, 0.3) is 0 Å². The van der Waals surface area contributed by atoms with Gasteiger partial charge in [0.15, 0.2) is 8.32 Å². The summed E-state index contributed by atoms with van der Waals surface area (Å²) in [7, 11) is 0.202. The van der Waals surface area contributed by atoms with E-state index in [1.165, 1.54) is 51.4 Å². The molecule has 36 heavy (non-hydrogen) atoms. The van der Waals surface area contributed by atoms with Gasteiger partial charge in [-0.25, -0.2) is 0 Å². The van der Waals surface area contributed by atoms with Gasteiger partial charge in [-0.1, -0.05) is 41.5 Å². The second kappa shape index (κ2) is 9.97. The van der Waals surface area contributed by atoms with Crippen LogP contribution in [0.4, 0.5) is 0 Å². The van der Waals surface area contributed by atoms with Crippen LogP contribution in [0.25, 0.3) is 0 Å².